The molecule has 2 unspecified atom stereocenters. The summed E-state index contributed by atoms with van der Waals surface area (Å²) in [5, 5.41) is 5.45. The average molecular weight is 423 g/mol. The minimum absolute atomic E-state index is 0.0833. The maximum Gasteiger partial charge on any atom is 0.326 e. The van der Waals surface area contributed by atoms with Gasteiger partial charge in [0.2, 0.25) is 5.91 Å². The number of carbonyl (C=O) groups is 4. The standard InChI is InChI=1S/C23H25N3O5/c1-5-23(17-8-12-19(31-4)13-9-17)21(29)26(22(30)25-23)14(2)20(28)24-18-10-6-16(7-11-18)15(3)27/h6-14H,5H2,1-4H3,(H,24,28)(H,25,30). The number of hydrogen-bond acceptors (Lipinski definition) is 5. The molecule has 0 bridgehead atoms. The van der Waals surface area contributed by atoms with E-state index < -0.39 is 29.4 Å². The minimum Gasteiger partial charge on any atom is -0.497 e. The number of urea groups is 1. The number of carbonyl (C=O) groups excluding carboxylic acids is 4. The van der Waals surface area contributed by atoms with E-state index in [-0.39, 0.29) is 5.78 Å². The van der Waals surface area contributed by atoms with Crippen LogP contribution in [0.2, 0.25) is 0 Å². The lowest BCUT2D eigenvalue weighted by Crippen LogP contribution is -2.47. The van der Waals surface area contributed by atoms with Gasteiger partial charge in [-0.3, -0.25) is 14.4 Å². The molecule has 2 aromatic carbocycles. The molecule has 31 heavy (non-hydrogen) atoms. The highest BCUT2D eigenvalue weighted by molar-refractivity contribution is 6.11. The predicted molar refractivity (Wildman–Crippen MR) is 115 cm³/mol. The van der Waals surface area contributed by atoms with Gasteiger partial charge >= 0.3 is 6.03 Å². The van der Waals surface area contributed by atoms with Gasteiger partial charge in [0.15, 0.2) is 5.78 Å². The Morgan fingerprint density at radius 2 is 1.71 bits per heavy atom. The number of nitrogens with zero attached hydrogens (tertiary/aromatic N) is 1. The van der Waals surface area contributed by atoms with Crippen LogP contribution in [0.25, 0.3) is 0 Å². The van der Waals surface area contributed by atoms with Gasteiger partial charge < -0.3 is 15.4 Å². The molecular formula is C23H25N3O5. The van der Waals surface area contributed by atoms with Crippen molar-refractivity contribution in [2.24, 2.45) is 0 Å². The Labute approximate surface area is 180 Å². The van der Waals surface area contributed by atoms with Gasteiger partial charge in [0.05, 0.1) is 7.11 Å². The van der Waals surface area contributed by atoms with Crippen molar-refractivity contribution >= 4 is 29.3 Å². The summed E-state index contributed by atoms with van der Waals surface area (Å²) in [5.41, 5.74) is 0.350. The van der Waals surface area contributed by atoms with Gasteiger partial charge in [0.25, 0.3) is 5.91 Å². The topological polar surface area (TPSA) is 105 Å². The van der Waals surface area contributed by atoms with Gasteiger partial charge in [-0.1, -0.05) is 19.1 Å². The van der Waals surface area contributed by atoms with Crippen LogP contribution in [0.3, 0.4) is 0 Å². The number of ether oxygens (including phenoxy) is 1. The molecule has 0 aliphatic carbocycles. The van der Waals surface area contributed by atoms with Crippen LogP contribution in [0.15, 0.2) is 48.5 Å². The molecule has 2 atom stereocenters. The van der Waals surface area contributed by atoms with Crippen molar-refractivity contribution in [3.8, 4) is 5.75 Å². The molecule has 162 valence electrons. The van der Waals surface area contributed by atoms with Crippen molar-refractivity contribution < 1.29 is 23.9 Å². The molecule has 1 heterocycles. The fraction of sp³-hybridized carbons (Fsp3) is 0.304. The third-order valence-electron chi connectivity index (χ3n) is 5.56. The zero-order chi connectivity index (χ0) is 22.8. The molecular weight excluding hydrogens is 398 g/mol. The van der Waals surface area contributed by atoms with Gasteiger partial charge in [0.1, 0.15) is 17.3 Å². The second kappa shape index (κ2) is 8.59. The predicted octanol–water partition coefficient (Wildman–Crippen LogP) is 3.08. The highest BCUT2D eigenvalue weighted by Gasteiger charge is 2.53. The zero-order valence-corrected chi connectivity index (χ0v) is 17.9. The van der Waals surface area contributed by atoms with Crippen molar-refractivity contribution in [3.63, 3.8) is 0 Å². The van der Waals surface area contributed by atoms with Gasteiger partial charge in [0, 0.05) is 11.3 Å². The fourth-order valence-electron chi connectivity index (χ4n) is 3.61. The van der Waals surface area contributed by atoms with Crippen LogP contribution < -0.4 is 15.4 Å². The van der Waals surface area contributed by atoms with Crippen LogP contribution in [0.4, 0.5) is 10.5 Å². The lowest BCUT2D eigenvalue weighted by atomic mass is 9.87. The molecule has 0 aromatic heterocycles. The molecule has 0 saturated carbocycles. The summed E-state index contributed by atoms with van der Waals surface area (Å²) in [6, 6.07) is 11.6. The molecule has 0 radical (unpaired) electrons. The molecule has 1 aliphatic rings. The Kier molecular flexibility index (Phi) is 6.10. The number of Topliss-reactive ketones (excluding diaryl/α,β-unsaturated/α-hetero) is 1. The van der Waals surface area contributed by atoms with Crippen molar-refractivity contribution in [3.05, 3.63) is 59.7 Å². The lowest BCUT2D eigenvalue weighted by Gasteiger charge is -2.27. The van der Waals surface area contributed by atoms with E-state index in [1.54, 1.807) is 62.6 Å². The summed E-state index contributed by atoms with van der Waals surface area (Å²) in [5.74, 6) is -0.451. The lowest BCUT2D eigenvalue weighted by molar-refractivity contribution is -0.136. The number of imide groups is 1. The highest BCUT2D eigenvalue weighted by atomic mass is 16.5. The number of benzene rings is 2. The van der Waals surface area contributed by atoms with Crippen LogP contribution in [-0.4, -0.2) is 41.7 Å². The third kappa shape index (κ3) is 4.01. The molecule has 1 aliphatic heterocycles. The Bertz CT molecular complexity index is 1020. The smallest absolute Gasteiger partial charge is 0.326 e. The summed E-state index contributed by atoms with van der Waals surface area (Å²) in [4.78, 5) is 51.2. The SMILES string of the molecule is CCC1(c2ccc(OC)cc2)NC(=O)N(C(C)C(=O)Nc2ccc(C(C)=O)cc2)C1=O. The van der Waals surface area contributed by atoms with E-state index in [4.69, 9.17) is 4.74 Å². The first-order valence-corrected chi connectivity index (χ1v) is 9.95. The van der Waals surface area contributed by atoms with Crippen molar-refractivity contribution in [1.29, 1.82) is 0 Å². The summed E-state index contributed by atoms with van der Waals surface area (Å²) in [6.45, 7) is 4.75. The van der Waals surface area contributed by atoms with E-state index in [0.717, 1.165) is 4.90 Å². The van der Waals surface area contributed by atoms with Gasteiger partial charge in [-0.2, -0.15) is 0 Å². The normalized spacial score (nSPS) is 19.0. The Morgan fingerprint density at radius 1 is 1.10 bits per heavy atom. The highest BCUT2D eigenvalue weighted by Crippen LogP contribution is 2.34. The fourth-order valence-corrected chi connectivity index (χ4v) is 3.61. The maximum absolute atomic E-state index is 13.3. The molecule has 4 amide bonds. The molecule has 1 fully saturated rings. The molecule has 2 aromatic rings. The summed E-state index contributed by atoms with van der Waals surface area (Å²) >= 11 is 0. The van der Waals surface area contributed by atoms with E-state index in [1.165, 1.54) is 13.8 Å². The Hall–Kier alpha value is -3.68. The Balaban J connectivity index is 1.81. The largest absolute Gasteiger partial charge is 0.497 e. The Morgan fingerprint density at radius 3 is 2.23 bits per heavy atom. The van der Waals surface area contributed by atoms with Crippen molar-refractivity contribution in [2.75, 3.05) is 12.4 Å². The van der Waals surface area contributed by atoms with Crippen LogP contribution in [-0.2, 0) is 15.1 Å². The first-order valence-electron chi connectivity index (χ1n) is 9.95. The third-order valence-corrected chi connectivity index (χ3v) is 5.56. The molecule has 8 heteroatoms. The number of methoxy groups -OCH3 is 1. The van der Waals surface area contributed by atoms with Gasteiger partial charge in [-0.05, 0) is 62.2 Å². The molecule has 8 nitrogen and oxygen atoms in total. The van der Waals surface area contributed by atoms with Crippen LogP contribution in [0.5, 0.6) is 5.75 Å². The second-order valence-corrected chi connectivity index (χ2v) is 7.39. The summed E-state index contributed by atoms with van der Waals surface area (Å²) < 4.78 is 5.16. The number of hydrogen-bond donors (Lipinski definition) is 2. The second-order valence-electron chi connectivity index (χ2n) is 7.39. The number of nitrogens with one attached hydrogen (secondary N) is 2. The number of rotatable bonds is 7. The minimum atomic E-state index is -1.25. The average Bonchev–Trinajstić information content (AvgIpc) is 3.04. The van der Waals surface area contributed by atoms with Crippen LogP contribution in [0, 0.1) is 0 Å². The van der Waals surface area contributed by atoms with Crippen molar-refractivity contribution in [2.45, 2.75) is 38.8 Å². The molecule has 0 spiro atoms. The maximum atomic E-state index is 13.3. The van der Waals surface area contributed by atoms with Crippen molar-refractivity contribution in [1.82, 2.24) is 10.2 Å². The number of amides is 4. The van der Waals surface area contributed by atoms with E-state index in [1.807, 2.05) is 0 Å². The molecule has 3 rings (SSSR count). The zero-order valence-electron chi connectivity index (χ0n) is 17.9. The monoisotopic (exact) mass is 423 g/mol. The van der Waals surface area contributed by atoms with E-state index in [0.29, 0.717) is 29.0 Å². The van der Waals surface area contributed by atoms with Crippen LogP contribution in [0.1, 0.15) is 43.1 Å². The van der Waals surface area contributed by atoms with Gasteiger partial charge in [-0.25, -0.2) is 9.69 Å². The summed E-state index contributed by atoms with van der Waals surface area (Å²) in [7, 11) is 1.54. The number of anilines is 1. The quantitative estimate of drug-likeness (QED) is 0.526. The number of ketones is 1. The van der Waals surface area contributed by atoms with E-state index >= 15 is 0 Å². The first kappa shape index (κ1) is 22.0. The first-order chi connectivity index (χ1) is 14.7. The van der Waals surface area contributed by atoms with Gasteiger partial charge in [-0.15, -0.1) is 0 Å². The summed E-state index contributed by atoms with van der Waals surface area (Å²) in [6.07, 6.45) is 0.321. The molecule has 1 saturated heterocycles. The van der Waals surface area contributed by atoms with Crippen LogP contribution >= 0.6 is 0 Å². The van der Waals surface area contributed by atoms with E-state index in [2.05, 4.69) is 10.6 Å². The van der Waals surface area contributed by atoms with E-state index in [9.17, 15) is 19.2 Å². The molecule has 2 N–H and O–H groups in total.